The summed E-state index contributed by atoms with van der Waals surface area (Å²) in [6.45, 7) is 8.11. The number of hydrogen-bond acceptors (Lipinski definition) is 5. The summed E-state index contributed by atoms with van der Waals surface area (Å²) in [6.07, 6.45) is 5.20. The van der Waals surface area contributed by atoms with Gasteiger partial charge in [0.05, 0.1) is 11.1 Å². The molecular weight excluding hydrogens is 434 g/mol. The highest BCUT2D eigenvalue weighted by Gasteiger charge is 2.50. The molecule has 9 heteroatoms. The summed E-state index contributed by atoms with van der Waals surface area (Å²) in [7, 11) is 0. The maximum atomic E-state index is 15.3. The van der Waals surface area contributed by atoms with Crippen LogP contribution in [0.15, 0.2) is 24.5 Å². The molecule has 0 radical (unpaired) electrons. The monoisotopic (exact) mass is 458 g/mol. The number of hydrogen-bond donors (Lipinski definition) is 2. The van der Waals surface area contributed by atoms with E-state index in [1.807, 2.05) is 20.8 Å². The van der Waals surface area contributed by atoms with Gasteiger partial charge in [0.15, 0.2) is 0 Å². The first kappa shape index (κ1) is 21.3. The van der Waals surface area contributed by atoms with E-state index >= 15 is 8.78 Å². The first-order chi connectivity index (χ1) is 15.3. The minimum atomic E-state index is -0.703. The van der Waals surface area contributed by atoms with Crippen LogP contribution in [-0.2, 0) is 0 Å². The normalized spacial score (nSPS) is 23.3. The molecule has 2 aromatic heterocycles. The van der Waals surface area contributed by atoms with Crippen LogP contribution < -0.4 is 10.6 Å². The standard InChI is InChI=1S/C23H25ClF2N6/c1-11(2)12(3)30-22-20(21(24)31-23-28-10-29-32(22)23)19-17(25)6-13(7-18(19)26)4-5-14-15-8-27-9-16(14)15/h4-7,10-12,14-16,27,30H,8-9H2,1-3H3/b5-4+/t12-,14?,15-,16+/m1/s1. The van der Waals surface area contributed by atoms with Crippen LogP contribution in [0.5, 0.6) is 0 Å². The van der Waals surface area contributed by atoms with Gasteiger partial charge in [-0.05, 0) is 61.4 Å². The van der Waals surface area contributed by atoms with Crippen molar-refractivity contribution in [2.24, 2.45) is 23.7 Å². The lowest BCUT2D eigenvalue weighted by Gasteiger charge is -2.22. The average molecular weight is 459 g/mol. The third-order valence-electron chi connectivity index (χ3n) is 6.73. The Morgan fingerprint density at radius 3 is 2.50 bits per heavy atom. The number of fused-ring (bicyclic) bond motifs is 2. The third kappa shape index (κ3) is 3.65. The molecule has 1 aliphatic heterocycles. The van der Waals surface area contributed by atoms with Gasteiger partial charge in [-0.25, -0.2) is 8.78 Å². The number of nitrogens with one attached hydrogen (secondary N) is 2. The van der Waals surface area contributed by atoms with Gasteiger partial charge in [0, 0.05) is 6.04 Å². The summed E-state index contributed by atoms with van der Waals surface area (Å²) in [6, 6.07) is 2.66. The highest BCUT2D eigenvalue weighted by molar-refractivity contribution is 6.33. The smallest absolute Gasteiger partial charge is 0.255 e. The minimum absolute atomic E-state index is 0.0135. The van der Waals surface area contributed by atoms with Gasteiger partial charge in [-0.2, -0.15) is 19.6 Å². The molecule has 3 heterocycles. The third-order valence-corrected chi connectivity index (χ3v) is 7.00. The molecule has 3 aromatic rings. The first-order valence-electron chi connectivity index (χ1n) is 10.9. The van der Waals surface area contributed by atoms with Crippen molar-refractivity contribution in [2.45, 2.75) is 26.8 Å². The number of rotatable bonds is 6. The summed E-state index contributed by atoms with van der Waals surface area (Å²) in [5.41, 5.74) is 0.381. The Bertz CT molecular complexity index is 1170. The van der Waals surface area contributed by atoms with Crippen LogP contribution in [0.2, 0.25) is 5.15 Å². The lowest BCUT2D eigenvalue weighted by Crippen LogP contribution is -2.24. The fraction of sp³-hybridized carbons (Fsp3) is 0.435. The Morgan fingerprint density at radius 2 is 1.84 bits per heavy atom. The molecule has 5 rings (SSSR count). The first-order valence-corrected chi connectivity index (χ1v) is 11.3. The van der Waals surface area contributed by atoms with Crippen molar-refractivity contribution in [3.8, 4) is 11.1 Å². The molecule has 2 aliphatic rings. The lowest BCUT2D eigenvalue weighted by molar-refractivity contribution is 0.556. The zero-order valence-electron chi connectivity index (χ0n) is 18.1. The van der Waals surface area contributed by atoms with Crippen molar-refractivity contribution in [2.75, 3.05) is 18.4 Å². The molecular formula is C23H25ClF2N6. The minimum Gasteiger partial charge on any atom is -0.367 e. The average Bonchev–Trinajstić information content (AvgIpc) is 3.10. The molecule has 1 unspecified atom stereocenters. The molecule has 168 valence electrons. The van der Waals surface area contributed by atoms with E-state index in [0.717, 1.165) is 13.1 Å². The van der Waals surface area contributed by atoms with Crippen molar-refractivity contribution < 1.29 is 8.78 Å². The maximum absolute atomic E-state index is 15.3. The van der Waals surface area contributed by atoms with Gasteiger partial charge in [0.2, 0.25) is 0 Å². The topological polar surface area (TPSA) is 67.1 Å². The molecule has 0 spiro atoms. The fourth-order valence-electron chi connectivity index (χ4n) is 4.46. The number of piperidine rings is 1. The summed E-state index contributed by atoms with van der Waals surface area (Å²) in [4.78, 5) is 8.26. The van der Waals surface area contributed by atoms with Gasteiger partial charge in [-0.1, -0.05) is 37.6 Å². The van der Waals surface area contributed by atoms with Crippen LogP contribution in [0.3, 0.4) is 0 Å². The molecule has 4 atom stereocenters. The summed E-state index contributed by atoms with van der Waals surface area (Å²) in [5, 5.41) is 10.8. The van der Waals surface area contributed by atoms with Gasteiger partial charge in [-0.15, -0.1) is 0 Å². The van der Waals surface area contributed by atoms with Gasteiger partial charge in [-0.3, -0.25) is 0 Å². The maximum Gasteiger partial charge on any atom is 0.255 e. The van der Waals surface area contributed by atoms with Crippen LogP contribution >= 0.6 is 11.6 Å². The second kappa shape index (κ2) is 8.08. The van der Waals surface area contributed by atoms with E-state index < -0.39 is 11.6 Å². The predicted octanol–water partition coefficient (Wildman–Crippen LogP) is 4.66. The molecule has 32 heavy (non-hydrogen) atoms. The number of nitrogens with zero attached hydrogens (tertiary/aromatic N) is 4. The van der Waals surface area contributed by atoms with E-state index in [2.05, 4.69) is 31.8 Å². The SMILES string of the molecule is CC(C)[C@@H](C)Nc1c(-c2c(F)cc(/C=C/C3[C@H]4CNC[C@@H]34)cc2F)c(Cl)nc2ncnn12. The molecule has 1 saturated carbocycles. The summed E-state index contributed by atoms with van der Waals surface area (Å²) < 4.78 is 32.0. The molecule has 1 aromatic carbocycles. The number of allylic oxidation sites excluding steroid dienone is 1. The van der Waals surface area contributed by atoms with Crippen LogP contribution in [0.1, 0.15) is 26.3 Å². The highest BCUT2D eigenvalue weighted by atomic mass is 35.5. The number of anilines is 1. The van der Waals surface area contributed by atoms with Crippen molar-refractivity contribution in [1.82, 2.24) is 24.9 Å². The summed E-state index contributed by atoms with van der Waals surface area (Å²) >= 11 is 6.43. The van der Waals surface area contributed by atoms with E-state index in [1.54, 1.807) is 6.08 Å². The zero-order valence-corrected chi connectivity index (χ0v) is 18.9. The van der Waals surface area contributed by atoms with Gasteiger partial charge < -0.3 is 10.6 Å². The van der Waals surface area contributed by atoms with Crippen molar-refractivity contribution in [3.05, 3.63) is 46.9 Å². The second-order valence-corrected chi connectivity index (χ2v) is 9.42. The Balaban J connectivity index is 1.56. The van der Waals surface area contributed by atoms with Crippen LogP contribution in [0.4, 0.5) is 14.6 Å². The van der Waals surface area contributed by atoms with E-state index in [4.69, 9.17) is 11.6 Å². The number of benzene rings is 1. The molecule has 0 amide bonds. The number of halogens is 3. The molecule has 2 N–H and O–H groups in total. The molecule has 6 nitrogen and oxygen atoms in total. The Labute approximate surface area is 190 Å². The van der Waals surface area contributed by atoms with Crippen molar-refractivity contribution >= 4 is 29.3 Å². The Hall–Kier alpha value is -2.58. The summed E-state index contributed by atoms with van der Waals surface area (Å²) in [5.74, 6) is 1.25. The van der Waals surface area contributed by atoms with Crippen molar-refractivity contribution in [1.29, 1.82) is 0 Å². The molecule has 2 fully saturated rings. The van der Waals surface area contributed by atoms with E-state index in [0.29, 0.717) is 29.1 Å². The largest absolute Gasteiger partial charge is 0.367 e. The van der Waals surface area contributed by atoms with Crippen molar-refractivity contribution in [3.63, 3.8) is 0 Å². The van der Waals surface area contributed by atoms with E-state index in [-0.39, 0.29) is 34.0 Å². The van der Waals surface area contributed by atoms with Crippen LogP contribution in [-0.4, -0.2) is 38.7 Å². The second-order valence-electron chi connectivity index (χ2n) is 9.06. The van der Waals surface area contributed by atoms with Crippen LogP contribution in [0.25, 0.3) is 23.0 Å². The van der Waals surface area contributed by atoms with Gasteiger partial charge in [0.1, 0.15) is 28.9 Å². The quantitative estimate of drug-likeness (QED) is 0.526. The Morgan fingerprint density at radius 1 is 1.16 bits per heavy atom. The zero-order chi connectivity index (χ0) is 22.6. The predicted molar refractivity (Wildman–Crippen MR) is 121 cm³/mol. The Kier molecular flexibility index (Phi) is 5.37. The molecule has 0 bridgehead atoms. The van der Waals surface area contributed by atoms with Crippen LogP contribution in [0, 0.1) is 35.3 Å². The molecule has 1 saturated heterocycles. The van der Waals surface area contributed by atoms with Gasteiger partial charge >= 0.3 is 0 Å². The van der Waals surface area contributed by atoms with E-state index in [1.165, 1.54) is 23.0 Å². The number of aromatic nitrogens is 4. The van der Waals surface area contributed by atoms with Gasteiger partial charge in [0.25, 0.3) is 5.78 Å². The lowest BCUT2D eigenvalue weighted by atomic mass is 10.0. The molecule has 1 aliphatic carbocycles. The highest BCUT2D eigenvalue weighted by Crippen LogP contribution is 2.49. The fourth-order valence-corrected chi connectivity index (χ4v) is 4.72. The van der Waals surface area contributed by atoms with E-state index in [9.17, 15) is 0 Å².